The Balaban J connectivity index is 1.23. The average Bonchev–Trinajstić information content (AvgIpc) is 2.86. The van der Waals surface area contributed by atoms with Crippen LogP contribution in [0.3, 0.4) is 0 Å². The summed E-state index contributed by atoms with van der Waals surface area (Å²) in [5.74, 6) is -2.63. The number of nitrogens with two attached hydrogens (primary N) is 1. The first kappa shape index (κ1) is 27.3. The van der Waals surface area contributed by atoms with E-state index in [1.807, 2.05) is 45.9 Å². The number of fused-ring (bicyclic) bond motifs is 2. The topological polar surface area (TPSA) is 120 Å². The van der Waals surface area contributed by atoms with Gasteiger partial charge in [-0.15, -0.1) is 0 Å². The molecule has 2 aliphatic heterocycles. The molecule has 41 heavy (non-hydrogen) atoms. The molecule has 2 atom stereocenters. The molecule has 4 heterocycles. The Hall–Kier alpha value is -3.86. The molecular formula is C30H33F2N5O4. The molecule has 1 aromatic carbocycles. The lowest BCUT2D eigenvalue weighted by Gasteiger charge is -2.43. The summed E-state index contributed by atoms with van der Waals surface area (Å²) in [5, 5.41) is 4.84. The number of likely N-dealkylation sites (tertiary alicyclic amines) is 1. The van der Waals surface area contributed by atoms with E-state index < -0.39 is 24.6 Å². The minimum absolute atomic E-state index is 0.0534. The van der Waals surface area contributed by atoms with Crippen LogP contribution in [0.4, 0.5) is 20.3 Å². The first-order chi connectivity index (χ1) is 19.3. The number of hydrogen-bond donors (Lipinski definition) is 2. The van der Waals surface area contributed by atoms with Crippen LogP contribution in [0.2, 0.25) is 0 Å². The predicted molar refractivity (Wildman–Crippen MR) is 148 cm³/mol. The summed E-state index contributed by atoms with van der Waals surface area (Å²) < 4.78 is 37.9. The lowest BCUT2D eigenvalue weighted by molar-refractivity contribution is -0.174. The number of halogens is 2. The highest BCUT2D eigenvalue weighted by Crippen LogP contribution is 2.39. The highest BCUT2D eigenvalue weighted by atomic mass is 19.3. The number of alkyl halides is 2. The van der Waals surface area contributed by atoms with E-state index in [0.717, 1.165) is 22.2 Å². The second-order valence-electron chi connectivity index (χ2n) is 12.1. The summed E-state index contributed by atoms with van der Waals surface area (Å²) in [4.78, 5) is 35.1. The zero-order valence-electron chi connectivity index (χ0n) is 23.4. The molecular weight excluding hydrogens is 532 g/mol. The quantitative estimate of drug-likeness (QED) is 0.407. The second kappa shape index (κ2) is 9.61. The highest BCUT2D eigenvalue weighted by Gasteiger charge is 2.50. The van der Waals surface area contributed by atoms with E-state index in [1.165, 1.54) is 4.90 Å². The van der Waals surface area contributed by atoms with Gasteiger partial charge in [-0.3, -0.25) is 4.79 Å². The fraction of sp³-hybridized carbons (Fsp3) is 0.467. The van der Waals surface area contributed by atoms with Crippen LogP contribution >= 0.6 is 0 Å². The smallest absolute Gasteiger partial charge is 0.338 e. The fourth-order valence-electron chi connectivity index (χ4n) is 5.67. The Morgan fingerprint density at radius 2 is 1.88 bits per heavy atom. The van der Waals surface area contributed by atoms with E-state index in [-0.39, 0.29) is 35.9 Å². The number of nitrogens with zero attached hydrogens (tertiary/aromatic N) is 3. The number of rotatable bonds is 6. The molecule has 216 valence electrons. The number of nitrogens with one attached hydrogen (secondary N) is 1. The minimum Gasteiger partial charge on any atom is -0.474 e. The van der Waals surface area contributed by atoms with Gasteiger partial charge in [0.1, 0.15) is 18.0 Å². The Morgan fingerprint density at radius 3 is 2.56 bits per heavy atom. The Kier molecular flexibility index (Phi) is 6.40. The van der Waals surface area contributed by atoms with Crippen LogP contribution in [-0.2, 0) is 15.1 Å². The highest BCUT2D eigenvalue weighted by molar-refractivity contribution is 5.94. The van der Waals surface area contributed by atoms with Gasteiger partial charge in [0.05, 0.1) is 24.0 Å². The first-order valence-corrected chi connectivity index (χ1v) is 13.8. The van der Waals surface area contributed by atoms with Crippen molar-refractivity contribution in [2.75, 3.05) is 18.4 Å². The maximum Gasteiger partial charge on any atom is 0.338 e. The normalized spacial score (nSPS) is 25.0. The zero-order chi connectivity index (χ0) is 29.3. The lowest BCUT2D eigenvalue weighted by Crippen LogP contribution is -2.61. The summed E-state index contributed by atoms with van der Waals surface area (Å²) in [6, 6.07) is 7.43. The maximum absolute atomic E-state index is 13.2. The van der Waals surface area contributed by atoms with Crippen molar-refractivity contribution in [3.8, 4) is 5.88 Å². The fourth-order valence-corrected chi connectivity index (χ4v) is 5.67. The van der Waals surface area contributed by atoms with E-state index in [2.05, 4.69) is 15.3 Å². The van der Waals surface area contributed by atoms with Gasteiger partial charge in [0.25, 0.3) is 5.92 Å². The van der Waals surface area contributed by atoms with E-state index in [4.69, 9.17) is 15.2 Å². The third kappa shape index (κ3) is 5.07. The van der Waals surface area contributed by atoms with E-state index in [1.54, 1.807) is 18.5 Å². The summed E-state index contributed by atoms with van der Waals surface area (Å²) in [5.41, 5.74) is 8.86. The van der Waals surface area contributed by atoms with Crippen LogP contribution < -0.4 is 15.8 Å². The van der Waals surface area contributed by atoms with Gasteiger partial charge in [-0.2, -0.15) is 0 Å². The van der Waals surface area contributed by atoms with Crippen molar-refractivity contribution in [2.24, 2.45) is 11.7 Å². The molecule has 1 amide bonds. The monoisotopic (exact) mass is 565 g/mol. The van der Waals surface area contributed by atoms with E-state index in [9.17, 15) is 18.4 Å². The second-order valence-corrected chi connectivity index (χ2v) is 12.1. The molecule has 1 saturated carbocycles. The van der Waals surface area contributed by atoms with Crippen LogP contribution in [0, 0.1) is 5.92 Å². The number of amides is 1. The van der Waals surface area contributed by atoms with Crippen LogP contribution in [0.5, 0.6) is 5.88 Å². The number of aromatic nitrogens is 2. The molecule has 6 rings (SSSR count). The van der Waals surface area contributed by atoms with Gasteiger partial charge in [-0.05, 0) is 74.4 Å². The first-order valence-electron chi connectivity index (χ1n) is 13.8. The number of cyclic esters (lactones) is 1. The average molecular weight is 566 g/mol. The number of hydrogen-bond acceptors (Lipinski definition) is 8. The van der Waals surface area contributed by atoms with Crippen molar-refractivity contribution in [1.29, 1.82) is 0 Å². The summed E-state index contributed by atoms with van der Waals surface area (Å²) in [6.07, 6.45) is 3.81. The molecule has 0 bridgehead atoms. The molecule has 0 radical (unpaired) electrons. The molecule has 3 N–H and O–H groups in total. The number of carbonyl (C=O) groups is 2. The third-order valence-corrected chi connectivity index (χ3v) is 8.34. The SMILES string of the molecule is C[C@@H]1OC(=O)c2ccc(Nc3cc4c(C(C)(C)N)cnc(OC5CC(C(=O)N6CC(F)(F)C6)C5)c4cn3)cc2[C@H]1C. The Bertz CT molecular complexity index is 1540. The number of ether oxygens (including phenoxy) is 2. The number of carbonyl (C=O) groups excluding carboxylic acids is 2. The molecule has 11 heteroatoms. The van der Waals surface area contributed by atoms with Gasteiger partial charge in [-0.1, -0.05) is 6.92 Å². The number of benzene rings is 1. The van der Waals surface area contributed by atoms with Crippen molar-refractivity contribution in [1.82, 2.24) is 14.9 Å². The molecule has 1 aliphatic carbocycles. The Morgan fingerprint density at radius 1 is 1.15 bits per heavy atom. The number of pyridine rings is 2. The van der Waals surface area contributed by atoms with Crippen LogP contribution in [0.25, 0.3) is 10.8 Å². The van der Waals surface area contributed by atoms with Gasteiger partial charge in [-0.25, -0.2) is 23.5 Å². The zero-order valence-corrected chi connectivity index (χ0v) is 23.4. The lowest BCUT2D eigenvalue weighted by atomic mass is 9.80. The molecule has 2 fully saturated rings. The summed E-state index contributed by atoms with van der Waals surface area (Å²) in [7, 11) is 0. The van der Waals surface area contributed by atoms with Crippen molar-refractivity contribution in [2.45, 2.75) is 70.1 Å². The molecule has 0 unspecified atom stereocenters. The van der Waals surface area contributed by atoms with Gasteiger partial charge in [0.15, 0.2) is 0 Å². The van der Waals surface area contributed by atoms with Crippen LogP contribution in [0.1, 0.15) is 67.9 Å². The summed E-state index contributed by atoms with van der Waals surface area (Å²) in [6.45, 7) is 6.69. The van der Waals surface area contributed by atoms with Crippen molar-refractivity contribution in [3.05, 3.63) is 53.3 Å². The van der Waals surface area contributed by atoms with Gasteiger partial charge < -0.3 is 25.4 Å². The third-order valence-electron chi connectivity index (χ3n) is 8.34. The standard InChI is InChI=1S/C30H33F2N5O4/c1-15-16(2)40-28(39)20-6-5-18(9-21(15)20)36-25-10-22-23(11-34-25)26(35-12-24(22)29(3,4)33)41-19-7-17(8-19)27(38)37-13-30(31,32)14-37/h5-6,9-12,15-17,19H,7-8,13-14,33H2,1-4H3,(H,34,36)/t15-,16-,17?,19?/m0/s1. The van der Waals surface area contributed by atoms with Crippen LogP contribution in [-0.4, -0.2) is 58.0 Å². The Labute approximate surface area is 236 Å². The molecule has 3 aliphatic rings. The number of esters is 1. The van der Waals surface area contributed by atoms with Crippen molar-refractivity contribution >= 4 is 34.2 Å². The molecule has 3 aromatic rings. The van der Waals surface area contributed by atoms with E-state index >= 15 is 0 Å². The largest absolute Gasteiger partial charge is 0.474 e. The minimum atomic E-state index is -2.78. The van der Waals surface area contributed by atoms with Gasteiger partial charge in [0, 0.05) is 35.5 Å². The molecule has 1 saturated heterocycles. The predicted octanol–water partition coefficient (Wildman–Crippen LogP) is 4.86. The van der Waals surface area contributed by atoms with Crippen molar-refractivity contribution in [3.63, 3.8) is 0 Å². The molecule has 9 nitrogen and oxygen atoms in total. The molecule has 0 spiro atoms. The maximum atomic E-state index is 13.2. The number of anilines is 2. The van der Waals surface area contributed by atoms with Gasteiger partial charge in [0.2, 0.25) is 11.8 Å². The molecule has 2 aromatic heterocycles. The summed E-state index contributed by atoms with van der Waals surface area (Å²) >= 11 is 0. The van der Waals surface area contributed by atoms with Crippen LogP contribution in [0.15, 0.2) is 36.7 Å². The van der Waals surface area contributed by atoms with E-state index in [0.29, 0.717) is 35.5 Å². The van der Waals surface area contributed by atoms with Crippen molar-refractivity contribution < 1.29 is 27.8 Å². The van der Waals surface area contributed by atoms with Gasteiger partial charge >= 0.3 is 5.97 Å².